The Morgan fingerprint density at radius 1 is 0.494 bits per heavy atom. The summed E-state index contributed by atoms with van der Waals surface area (Å²) in [5, 5.41) is 72.4. The molecule has 0 unspecified atom stereocenters. The van der Waals surface area contributed by atoms with E-state index in [0.29, 0.717) is 80.3 Å². The molecule has 2 heterocycles. The number of fused-ring (bicyclic) bond motifs is 14. The van der Waals surface area contributed by atoms with Crippen LogP contribution in [0.2, 0.25) is 0 Å². The Morgan fingerprint density at radius 2 is 0.880 bits per heavy atom. The lowest BCUT2D eigenvalue weighted by molar-refractivity contribution is -0.215. The number of hydrogen-bond acceptors (Lipinski definition) is 10. The van der Waals surface area contributed by atoms with Gasteiger partial charge in [-0.1, -0.05) is 131 Å². The highest BCUT2D eigenvalue weighted by Crippen LogP contribution is 2.78. The second kappa shape index (κ2) is 19.5. The summed E-state index contributed by atoms with van der Waals surface area (Å²) >= 11 is 0. The van der Waals surface area contributed by atoms with Crippen LogP contribution in [0.15, 0.2) is 35.7 Å². The van der Waals surface area contributed by atoms with Crippen LogP contribution in [0.1, 0.15) is 230 Å². The van der Waals surface area contributed by atoms with Crippen molar-refractivity contribution in [2.75, 3.05) is 0 Å². The highest BCUT2D eigenvalue weighted by atomic mass is 16.3. The smallest absolute Gasteiger partial charge is 0.229 e. The predicted molar refractivity (Wildman–Crippen MR) is 321 cm³/mol. The lowest BCUT2D eigenvalue weighted by Crippen LogP contribution is -2.68. The SMILES string of the molecule is CC1(C)CC[C@]2(C(=O)NCc3cn(CCCn4cc(CNC(=O)[C@]56CCC(C)(C)C[C@H]5C5=CC[C@@H]7[C@@]8(C)CC[C@H](O)C(C)(C)[C@@H]8CC[C@@]7(C)[C@]5(C)C[C@H]6O)nn4)nn3)[C@H](O)C[C@]3(C)C(=CC[C@@H]4[C@@]5(C)CC[C@H](O)C(C)(C)[C@@H]5CC[C@]43C)[C@@H]2C1. The average molecular weight is 1150 g/mol. The molecular formula is C69H108N8O6. The zero-order valence-electron chi connectivity index (χ0n) is 53.6. The average Bonchev–Trinajstić information content (AvgIpc) is 0.888. The molecule has 10 aliphatic rings. The van der Waals surface area contributed by atoms with E-state index < -0.39 is 23.0 Å². The van der Waals surface area contributed by atoms with Gasteiger partial charge in [0, 0.05) is 13.1 Å². The first kappa shape index (κ1) is 59.9. The summed E-state index contributed by atoms with van der Waals surface area (Å²) in [5.74, 6) is 1.52. The van der Waals surface area contributed by atoms with Gasteiger partial charge in [0.2, 0.25) is 11.8 Å². The van der Waals surface area contributed by atoms with Crippen LogP contribution in [0.3, 0.4) is 0 Å². The summed E-state index contributed by atoms with van der Waals surface area (Å²) < 4.78 is 3.63. The van der Waals surface area contributed by atoms with E-state index in [-0.39, 0.29) is 103 Å². The van der Waals surface area contributed by atoms with E-state index in [1.807, 2.05) is 21.8 Å². The predicted octanol–water partition coefficient (Wildman–Crippen LogP) is 11.5. The molecule has 460 valence electrons. The van der Waals surface area contributed by atoms with E-state index in [1.165, 1.54) is 11.1 Å². The molecule has 14 nitrogen and oxygen atoms in total. The molecule has 2 aromatic rings. The van der Waals surface area contributed by atoms with Crippen molar-refractivity contribution >= 4 is 11.8 Å². The normalized spacial score (nSPS) is 46.1. The zero-order valence-corrected chi connectivity index (χ0v) is 53.6. The number of aryl methyl sites for hydroxylation is 2. The summed E-state index contributed by atoms with van der Waals surface area (Å²) in [6, 6.07) is 0. The Hall–Kier alpha value is -3.46. The first-order chi connectivity index (χ1) is 38.7. The fourth-order valence-corrected chi connectivity index (χ4v) is 23.6. The van der Waals surface area contributed by atoms with E-state index in [0.717, 1.165) is 89.9 Å². The molecule has 10 aliphatic carbocycles. The molecule has 8 saturated carbocycles. The van der Waals surface area contributed by atoms with Gasteiger partial charge in [-0.3, -0.25) is 19.0 Å². The minimum atomic E-state index is -0.917. The first-order valence-electron chi connectivity index (χ1n) is 33.2. The molecule has 14 heteroatoms. The summed E-state index contributed by atoms with van der Waals surface area (Å²) in [7, 11) is 0. The van der Waals surface area contributed by atoms with E-state index >= 15 is 0 Å². The minimum absolute atomic E-state index is 0.0326. The standard InChI is InChI=1S/C69H108N8O6/c1-58(2)28-30-68(46(34-58)44-16-18-50-62(9)24-22-52(78)60(5,6)48(62)20-26-64(50,11)66(44,13)36-54(68)80)56(82)70-38-42-40-76(74-72-42)32-15-33-77-41-43(73-75-77)39-71-57(83)69-31-29-59(3,4)35-47(69)45-17-19-51-63(10)25-23-53(79)61(7,8)49(63)21-27-65(51,12)67(45,14)37-55(69)81/h16-17,40-41,46-55,78-81H,15,18-39H2,1-14H3,(H,70,82)(H,71,83)/t46-,47-,48-,49-,50+,51+,52-,53-,54+,55+,62-,63-,64+,65+,66+,67+,68+,69+/m0/s1. The maximum atomic E-state index is 15.0. The number of hydrogen-bond donors (Lipinski definition) is 6. The number of nitrogens with zero attached hydrogens (tertiary/aromatic N) is 6. The molecule has 0 spiro atoms. The van der Waals surface area contributed by atoms with Crippen molar-refractivity contribution in [3.63, 3.8) is 0 Å². The van der Waals surface area contributed by atoms with Crippen LogP contribution >= 0.6 is 0 Å². The third kappa shape index (κ3) is 8.51. The summed E-state index contributed by atoms with van der Waals surface area (Å²) in [5.41, 5.74) is 1.80. The highest BCUT2D eigenvalue weighted by molar-refractivity contribution is 5.85. The second-order valence-electron chi connectivity index (χ2n) is 34.4. The highest BCUT2D eigenvalue weighted by Gasteiger charge is 2.73. The quantitative estimate of drug-likeness (QED) is 0.124. The molecule has 2 amide bonds. The monoisotopic (exact) mass is 1140 g/mol. The van der Waals surface area contributed by atoms with Gasteiger partial charge in [-0.15, -0.1) is 10.2 Å². The van der Waals surface area contributed by atoms with E-state index in [4.69, 9.17) is 0 Å². The molecule has 8 fully saturated rings. The number of aliphatic hydroxyl groups excluding tert-OH is 4. The molecule has 0 aromatic carbocycles. The molecule has 12 rings (SSSR count). The van der Waals surface area contributed by atoms with Crippen molar-refractivity contribution in [3.8, 4) is 0 Å². The summed E-state index contributed by atoms with van der Waals surface area (Å²) in [6.45, 7) is 35.1. The van der Waals surface area contributed by atoms with Gasteiger partial charge in [-0.2, -0.15) is 0 Å². The van der Waals surface area contributed by atoms with Gasteiger partial charge >= 0.3 is 0 Å². The molecule has 0 radical (unpaired) electrons. The molecule has 0 saturated heterocycles. The lowest BCUT2D eigenvalue weighted by atomic mass is 9.33. The molecule has 0 bridgehead atoms. The lowest BCUT2D eigenvalue weighted by Gasteiger charge is -2.71. The van der Waals surface area contributed by atoms with Crippen LogP contribution in [-0.2, 0) is 35.8 Å². The third-order valence-corrected chi connectivity index (χ3v) is 29.0. The van der Waals surface area contributed by atoms with Crippen LogP contribution in [0.4, 0.5) is 0 Å². The number of aromatic nitrogens is 6. The van der Waals surface area contributed by atoms with Crippen LogP contribution < -0.4 is 10.6 Å². The summed E-state index contributed by atoms with van der Waals surface area (Å²) in [4.78, 5) is 30.0. The van der Waals surface area contributed by atoms with Crippen molar-refractivity contribution < 1.29 is 30.0 Å². The molecule has 18 atom stereocenters. The van der Waals surface area contributed by atoms with E-state index in [2.05, 4.69) is 140 Å². The van der Waals surface area contributed by atoms with Gasteiger partial charge in [-0.25, -0.2) is 0 Å². The third-order valence-electron chi connectivity index (χ3n) is 29.0. The fraction of sp³-hybridized carbons (Fsp3) is 0.855. The summed E-state index contributed by atoms with van der Waals surface area (Å²) in [6.07, 6.45) is 23.5. The van der Waals surface area contributed by atoms with Gasteiger partial charge in [0.25, 0.3) is 0 Å². The zero-order chi connectivity index (χ0) is 59.7. The van der Waals surface area contributed by atoms with Gasteiger partial charge in [-0.05, 0) is 212 Å². The Kier molecular flexibility index (Phi) is 14.1. The number of carbonyl (C=O) groups is 2. The van der Waals surface area contributed by atoms with Crippen molar-refractivity contribution in [2.45, 2.75) is 270 Å². The van der Waals surface area contributed by atoms with Crippen molar-refractivity contribution in [1.82, 2.24) is 40.6 Å². The van der Waals surface area contributed by atoms with Crippen molar-refractivity contribution in [2.24, 2.45) is 100 Å². The van der Waals surface area contributed by atoms with E-state index in [9.17, 15) is 30.0 Å². The van der Waals surface area contributed by atoms with Crippen LogP contribution in [0.5, 0.6) is 0 Å². The first-order valence-corrected chi connectivity index (χ1v) is 33.2. The largest absolute Gasteiger partial charge is 0.393 e. The number of amides is 2. The van der Waals surface area contributed by atoms with Gasteiger partial charge in [0.1, 0.15) is 11.4 Å². The van der Waals surface area contributed by atoms with E-state index in [1.54, 1.807) is 0 Å². The number of aliphatic hydroxyl groups is 4. The van der Waals surface area contributed by atoms with Crippen molar-refractivity contribution in [1.29, 1.82) is 0 Å². The van der Waals surface area contributed by atoms with Crippen molar-refractivity contribution in [3.05, 3.63) is 47.1 Å². The van der Waals surface area contributed by atoms with Crippen LogP contribution in [0.25, 0.3) is 0 Å². The fourth-order valence-electron chi connectivity index (χ4n) is 23.6. The molecule has 0 aliphatic heterocycles. The Morgan fingerprint density at radius 3 is 1.27 bits per heavy atom. The second-order valence-corrected chi connectivity index (χ2v) is 34.4. The van der Waals surface area contributed by atoms with Crippen LogP contribution in [-0.4, -0.2) is 86.6 Å². The number of allylic oxidation sites excluding steroid dienone is 4. The van der Waals surface area contributed by atoms with Crippen LogP contribution in [0, 0.1) is 100 Å². The maximum absolute atomic E-state index is 15.0. The molecule has 83 heavy (non-hydrogen) atoms. The number of rotatable bonds is 10. The van der Waals surface area contributed by atoms with Gasteiger partial charge in [0.15, 0.2) is 0 Å². The van der Waals surface area contributed by atoms with Gasteiger partial charge in [0.05, 0.1) is 60.7 Å². The minimum Gasteiger partial charge on any atom is -0.393 e. The Labute approximate surface area is 497 Å². The molecular weight excluding hydrogens is 1040 g/mol. The number of carbonyl (C=O) groups excluding carboxylic acids is 2. The Bertz CT molecular complexity index is 2750. The molecule has 6 N–H and O–H groups in total. The topological polar surface area (TPSA) is 201 Å². The number of nitrogens with one attached hydrogen (secondary N) is 2. The Balaban J connectivity index is 0.677. The molecule has 2 aromatic heterocycles. The maximum Gasteiger partial charge on any atom is 0.229 e. The van der Waals surface area contributed by atoms with Gasteiger partial charge < -0.3 is 31.1 Å².